The number of hydrogen-bond acceptors (Lipinski definition) is 3. The van der Waals surface area contributed by atoms with Crippen molar-refractivity contribution in [2.75, 3.05) is 6.61 Å². The molecule has 1 aliphatic carbocycles. The molecule has 2 atom stereocenters. The fourth-order valence-corrected chi connectivity index (χ4v) is 2.83. The molecule has 0 aromatic heterocycles. The highest BCUT2D eigenvalue weighted by molar-refractivity contribution is 4.68. The fraction of sp³-hybridized carbons (Fsp3) is 1.00. The van der Waals surface area contributed by atoms with Gasteiger partial charge in [0.25, 0.3) is 0 Å². The first-order chi connectivity index (χ1) is 8.34. The second kappa shape index (κ2) is 7.34. The normalized spacial score (nSPS) is 33.0. The van der Waals surface area contributed by atoms with Gasteiger partial charge in [-0.25, -0.2) is 0 Å². The summed E-state index contributed by atoms with van der Waals surface area (Å²) in [5.74, 6) is 0. The zero-order valence-electron chi connectivity index (χ0n) is 10.8. The molecular weight excluding hydrogens is 216 g/mol. The Bertz CT molecular complexity index is 200. The first-order valence-electron chi connectivity index (χ1n) is 7.30. The molecule has 0 radical (unpaired) electrons. The predicted molar refractivity (Wildman–Crippen MR) is 66.8 cm³/mol. The third-order valence-electron chi connectivity index (χ3n) is 3.90. The molecule has 2 aliphatic rings. The molecule has 2 fully saturated rings. The summed E-state index contributed by atoms with van der Waals surface area (Å²) in [6.07, 6.45) is 12.0. The molecule has 1 saturated carbocycles. The van der Waals surface area contributed by atoms with Crippen LogP contribution in [0.15, 0.2) is 0 Å². The highest BCUT2D eigenvalue weighted by Gasteiger charge is 2.22. The molecule has 0 spiro atoms. The molecule has 0 aromatic carbocycles. The number of aliphatic hydroxyl groups excluding tert-OH is 1. The Hall–Kier alpha value is -0.120. The number of rotatable bonds is 3. The summed E-state index contributed by atoms with van der Waals surface area (Å²) in [5.41, 5.74) is 0. The molecule has 2 unspecified atom stereocenters. The van der Waals surface area contributed by atoms with Gasteiger partial charge >= 0.3 is 0 Å². The molecule has 0 amide bonds. The van der Waals surface area contributed by atoms with Crippen molar-refractivity contribution in [2.45, 2.75) is 82.7 Å². The zero-order valence-corrected chi connectivity index (χ0v) is 10.8. The van der Waals surface area contributed by atoms with Crippen LogP contribution in [0.25, 0.3) is 0 Å². The molecule has 17 heavy (non-hydrogen) atoms. The van der Waals surface area contributed by atoms with Crippen LogP contribution in [0.4, 0.5) is 0 Å². The van der Waals surface area contributed by atoms with Gasteiger partial charge in [-0.1, -0.05) is 32.1 Å². The number of hydrogen-bond donors (Lipinski definition) is 1. The first-order valence-corrected chi connectivity index (χ1v) is 7.30. The molecule has 2 rings (SSSR count). The fourth-order valence-electron chi connectivity index (χ4n) is 2.83. The number of ether oxygens (including phenoxy) is 2. The monoisotopic (exact) mass is 242 g/mol. The van der Waals surface area contributed by atoms with E-state index < -0.39 is 6.29 Å². The number of aliphatic hydroxyl groups is 1. The third kappa shape index (κ3) is 4.94. The van der Waals surface area contributed by atoms with Gasteiger partial charge in [-0.2, -0.15) is 0 Å². The van der Waals surface area contributed by atoms with E-state index in [4.69, 9.17) is 9.47 Å². The van der Waals surface area contributed by atoms with Gasteiger partial charge in [0.2, 0.25) is 0 Å². The summed E-state index contributed by atoms with van der Waals surface area (Å²) in [6, 6.07) is 0. The molecule has 1 saturated heterocycles. The summed E-state index contributed by atoms with van der Waals surface area (Å²) in [5, 5.41) is 9.42. The van der Waals surface area contributed by atoms with Crippen LogP contribution in [-0.2, 0) is 9.47 Å². The van der Waals surface area contributed by atoms with Crippen molar-refractivity contribution < 1.29 is 14.6 Å². The van der Waals surface area contributed by atoms with Crippen LogP contribution in [0.3, 0.4) is 0 Å². The minimum atomic E-state index is -0.560. The molecule has 1 aliphatic heterocycles. The largest absolute Gasteiger partial charge is 0.376 e. The lowest BCUT2D eigenvalue weighted by atomic mass is 9.98. The third-order valence-corrected chi connectivity index (χ3v) is 3.90. The van der Waals surface area contributed by atoms with Gasteiger partial charge in [0.1, 0.15) is 0 Å². The van der Waals surface area contributed by atoms with E-state index in [1.165, 1.54) is 44.9 Å². The summed E-state index contributed by atoms with van der Waals surface area (Å²) in [7, 11) is 0. The van der Waals surface area contributed by atoms with Gasteiger partial charge in [-0.3, -0.25) is 0 Å². The van der Waals surface area contributed by atoms with Gasteiger partial charge in [0.15, 0.2) is 6.29 Å². The first kappa shape index (κ1) is 13.3. The highest BCUT2D eigenvalue weighted by Crippen LogP contribution is 2.22. The Morgan fingerprint density at radius 1 is 0.882 bits per heavy atom. The SMILES string of the molecule is OC1CCCC(COC2CCCCCCC2)O1. The Labute approximate surface area is 104 Å². The minimum absolute atomic E-state index is 0.115. The summed E-state index contributed by atoms with van der Waals surface area (Å²) in [4.78, 5) is 0. The molecule has 0 aromatic rings. The van der Waals surface area contributed by atoms with Gasteiger partial charge in [-0.05, 0) is 32.1 Å². The van der Waals surface area contributed by atoms with Crippen LogP contribution in [0.5, 0.6) is 0 Å². The van der Waals surface area contributed by atoms with E-state index in [-0.39, 0.29) is 6.10 Å². The van der Waals surface area contributed by atoms with Crippen molar-refractivity contribution in [3.05, 3.63) is 0 Å². The second-order valence-electron chi connectivity index (χ2n) is 5.44. The highest BCUT2D eigenvalue weighted by atomic mass is 16.6. The maximum atomic E-state index is 9.42. The van der Waals surface area contributed by atoms with Gasteiger partial charge in [0, 0.05) is 0 Å². The van der Waals surface area contributed by atoms with Crippen LogP contribution < -0.4 is 0 Å². The van der Waals surface area contributed by atoms with Crippen LogP contribution >= 0.6 is 0 Å². The Morgan fingerprint density at radius 2 is 1.59 bits per heavy atom. The summed E-state index contributed by atoms with van der Waals surface area (Å²) < 4.78 is 11.4. The lowest BCUT2D eigenvalue weighted by molar-refractivity contribution is -0.182. The van der Waals surface area contributed by atoms with Crippen LogP contribution in [0, 0.1) is 0 Å². The lowest BCUT2D eigenvalue weighted by Gasteiger charge is -2.28. The molecule has 3 nitrogen and oxygen atoms in total. The van der Waals surface area contributed by atoms with Crippen LogP contribution in [-0.4, -0.2) is 30.2 Å². The van der Waals surface area contributed by atoms with Gasteiger partial charge in [-0.15, -0.1) is 0 Å². The van der Waals surface area contributed by atoms with Gasteiger partial charge < -0.3 is 14.6 Å². The van der Waals surface area contributed by atoms with Crippen molar-refractivity contribution in [3.8, 4) is 0 Å². The molecule has 100 valence electrons. The van der Waals surface area contributed by atoms with E-state index >= 15 is 0 Å². The van der Waals surface area contributed by atoms with E-state index in [2.05, 4.69) is 0 Å². The Balaban J connectivity index is 1.65. The average molecular weight is 242 g/mol. The molecular formula is C14H26O3. The topological polar surface area (TPSA) is 38.7 Å². The maximum absolute atomic E-state index is 9.42. The van der Waals surface area contributed by atoms with E-state index in [0.29, 0.717) is 12.7 Å². The van der Waals surface area contributed by atoms with Crippen molar-refractivity contribution in [1.82, 2.24) is 0 Å². The standard InChI is InChI=1S/C14H26O3/c15-14-10-6-9-13(17-14)11-16-12-7-4-2-1-3-5-8-12/h12-15H,1-11H2. The van der Waals surface area contributed by atoms with Crippen LogP contribution in [0.2, 0.25) is 0 Å². The lowest BCUT2D eigenvalue weighted by Crippen LogP contribution is -2.32. The van der Waals surface area contributed by atoms with Crippen molar-refractivity contribution in [1.29, 1.82) is 0 Å². The zero-order chi connectivity index (χ0) is 11.9. The quantitative estimate of drug-likeness (QED) is 0.827. The van der Waals surface area contributed by atoms with E-state index in [0.717, 1.165) is 19.3 Å². The average Bonchev–Trinajstić information content (AvgIpc) is 2.27. The molecule has 1 heterocycles. The van der Waals surface area contributed by atoms with Gasteiger partial charge in [0.05, 0.1) is 18.8 Å². The van der Waals surface area contributed by atoms with Crippen molar-refractivity contribution in [3.63, 3.8) is 0 Å². The van der Waals surface area contributed by atoms with Crippen molar-refractivity contribution >= 4 is 0 Å². The van der Waals surface area contributed by atoms with Crippen LogP contribution in [0.1, 0.15) is 64.2 Å². The van der Waals surface area contributed by atoms with E-state index in [1.807, 2.05) is 0 Å². The molecule has 0 bridgehead atoms. The van der Waals surface area contributed by atoms with E-state index in [9.17, 15) is 5.11 Å². The summed E-state index contributed by atoms with van der Waals surface area (Å²) >= 11 is 0. The maximum Gasteiger partial charge on any atom is 0.155 e. The Morgan fingerprint density at radius 3 is 2.29 bits per heavy atom. The molecule has 1 N–H and O–H groups in total. The summed E-state index contributed by atoms with van der Waals surface area (Å²) in [6.45, 7) is 0.668. The predicted octanol–water partition coefficient (Wildman–Crippen LogP) is 3.00. The minimum Gasteiger partial charge on any atom is -0.376 e. The Kier molecular flexibility index (Phi) is 5.75. The molecule has 3 heteroatoms. The second-order valence-corrected chi connectivity index (χ2v) is 5.44. The van der Waals surface area contributed by atoms with E-state index in [1.54, 1.807) is 0 Å². The van der Waals surface area contributed by atoms with Crippen molar-refractivity contribution in [2.24, 2.45) is 0 Å². The smallest absolute Gasteiger partial charge is 0.155 e.